The van der Waals surface area contributed by atoms with Gasteiger partial charge < -0.3 is 14.7 Å². The van der Waals surface area contributed by atoms with Crippen LogP contribution in [0.5, 0.6) is 5.75 Å². The Bertz CT molecular complexity index is 776. The molecule has 1 saturated heterocycles. The molecule has 27 heavy (non-hydrogen) atoms. The van der Waals surface area contributed by atoms with Crippen molar-refractivity contribution in [2.24, 2.45) is 5.92 Å². The van der Waals surface area contributed by atoms with Crippen molar-refractivity contribution in [1.82, 2.24) is 4.90 Å². The molecule has 0 aliphatic carbocycles. The number of hydrogen-bond acceptors (Lipinski definition) is 5. The summed E-state index contributed by atoms with van der Waals surface area (Å²) in [6.45, 7) is 5.60. The van der Waals surface area contributed by atoms with Crippen LogP contribution in [0.15, 0.2) is 24.3 Å². The zero-order valence-electron chi connectivity index (χ0n) is 15.7. The van der Waals surface area contributed by atoms with Crippen LogP contribution in [-0.2, 0) is 19.6 Å². The molecule has 0 bridgehead atoms. The predicted molar refractivity (Wildman–Crippen MR) is 101 cm³/mol. The summed E-state index contributed by atoms with van der Waals surface area (Å²) in [7, 11) is -3.91. The molecule has 9 heteroatoms. The van der Waals surface area contributed by atoms with Crippen molar-refractivity contribution in [3.63, 3.8) is 0 Å². The Kier molecular flexibility index (Phi) is 6.69. The highest BCUT2D eigenvalue weighted by Crippen LogP contribution is 2.23. The molecule has 1 heterocycles. The van der Waals surface area contributed by atoms with Crippen molar-refractivity contribution in [1.29, 1.82) is 0 Å². The van der Waals surface area contributed by atoms with Crippen molar-refractivity contribution < 1.29 is 27.9 Å². The Balaban J connectivity index is 2.00. The van der Waals surface area contributed by atoms with Gasteiger partial charge in [-0.15, -0.1) is 0 Å². The van der Waals surface area contributed by atoms with Crippen molar-refractivity contribution in [3.05, 3.63) is 24.3 Å². The van der Waals surface area contributed by atoms with Crippen LogP contribution in [0, 0.1) is 5.92 Å². The Morgan fingerprint density at radius 2 is 1.89 bits per heavy atom. The van der Waals surface area contributed by atoms with Crippen LogP contribution in [0.25, 0.3) is 0 Å². The first-order valence-corrected chi connectivity index (χ1v) is 10.5. The molecule has 8 nitrogen and oxygen atoms in total. The van der Waals surface area contributed by atoms with Crippen LogP contribution in [0.3, 0.4) is 0 Å². The van der Waals surface area contributed by atoms with Crippen LogP contribution in [0.1, 0.15) is 33.6 Å². The third-order valence-electron chi connectivity index (χ3n) is 4.36. The van der Waals surface area contributed by atoms with E-state index in [0.717, 1.165) is 0 Å². The van der Waals surface area contributed by atoms with E-state index in [0.29, 0.717) is 24.3 Å². The van der Waals surface area contributed by atoms with E-state index in [2.05, 4.69) is 4.72 Å². The first-order chi connectivity index (χ1) is 12.6. The van der Waals surface area contributed by atoms with E-state index in [1.165, 1.54) is 4.90 Å². The van der Waals surface area contributed by atoms with Crippen LogP contribution >= 0.6 is 0 Å². The maximum Gasteiger partial charge on any atom is 0.308 e. The van der Waals surface area contributed by atoms with E-state index in [1.54, 1.807) is 31.2 Å². The molecule has 2 rings (SSSR count). The van der Waals surface area contributed by atoms with Gasteiger partial charge in [0.2, 0.25) is 15.9 Å². The first-order valence-electron chi connectivity index (χ1n) is 8.87. The number of carboxylic acid groups (broad SMARTS) is 1. The maximum atomic E-state index is 12.5. The molecular formula is C18H26N2O6S. The third kappa shape index (κ3) is 6.13. The second kappa shape index (κ2) is 8.60. The molecule has 2 unspecified atom stereocenters. The zero-order valence-corrected chi connectivity index (χ0v) is 16.5. The highest BCUT2D eigenvalue weighted by atomic mass is 32.2. The summed E-state index contributed by atoms with van der Waals surface area (Å²) >= 11 is 0. The molecule has 1 fully saturated rings. The highest BCUT2D eigenvalue weighted by molar-refractivity contribution is 7.93. The van der Waals surface area contributed by atoms with Gasteiger partial charge in [-0.05, 0) is 57.9 Å². The quantitative estimate of drug-likeness (QED) is 0.726. The number of anilines is 1. The van der Waals surface area contributed by atoms with E-state index in [1.807, 2.05) is 13.8 Å². The molecule has 0 spiro atoms. The number of likely N-dealkylation sites (tertiary alicyclic amines) is 1. The molecule has 2 atom stereocenters. The van der Waals surface area contributed by atoms with Gasteiger partial charge in [0.25, 0.3) is 0 Å². The number of carboxylic acids is 1. The lowest BCUT2D eigenvalue weighted by Gasteiger charge is -2.36. The fourth-order valence-corrected chi connectivity index (χ4v) is 4.05. The summed E-state index contributed by atoms with van der Waals surface area (Å²) in [5.41, 5.74) is 0.328. The van der Waals surface area contributed by atoms with Gasteiger partial charge >= 0.3 is 5.97 Å². The van der Waals surface area contributed by atoms with E-state index < -0.39 is 33.6 Å². The van der Waals surface area contributed by atoms with Crippen LogP contribution in [-0.4, -0.2) is 54.7 Å². The number of nitrogens with one attached hydrogen (secondary N) is 1. The minimum absolute atomic E-state index is 0.00586. The van der Waals surface area contributed by atoms with Crippen molar-refractivity contribution in [2.75, 3.05) is 17.0 Å². The second-order valence-corrected chi connectivity index (χ2v) is 8.78. The number of carbonyl (C=O) groups is 2. The van der Waals surface area contributed by atoms with Gasteiger partial charge in [-0.2, -0.15) is 0 Å². The zero-order chi connectivity index (χ0) is 20.2. The number of sulfonamides is 1. The van der Waals surface area contributed by atoms with Crippen LogP contribution < -0.4 is 9.46 Å². The molecule has 1 aromatic rings. The van der Waals surface area contributed by atoms with E-state index in [9.17, 15) is 18.0 Å². The Morgan fingerprint density at radius 3 is 2.44 bits per heavy atom. The standard InChI is InChI=1S/C18H26N2O6S/c1-12(2)26-16-8-6-15(7-9-16)19-27(24,25)11-17(21)20-10-14(18(22)23)5-4-13(20)3/h6-9,12-14,19H,4-5,10-11H2,1-3H3,(H,22,23). The number of benzene rings is 1. The average molecular weight is 398 g/mol. The number of rotatable bonds is 7. The number of nitrogens with zero attached hydrogens (tertiary/aromatic N) is 1. The lowest BCUT2D eigenvalue weighted by Crippen LogP contribution is -2.49. The number of piperidine rings is 1. The van der Waals surface area contributed by atoms with Gasteiger partial charge in [-0.3, -0.25) is 14.3 Å². The van der Waals surface area contributed by atoms with Gasteiger partial charge in [-0.1, -0.05) is 0 Å². The topological polar surface area (TPSA) is 113 Å². The SMILES string of the molecule is CC(C)Oc1ccc(NS(=O)(=O)CC(=O)N2CC(C(=O)O)CCC2C)cc1. The summed E-state index contributed by atoms with van der Waals surface area (Å²) in [6, 6.07) is 6.22. The summed E-state index contributed by atoms with van der Waals surface area (Å²) in [5, 5.41) is 9.15. The molecular weight excluding hydrogens is 372 g/mol. The molecule has 150 valence electrons. The average Bonchev–Trinajstić information content (AvgIpc) is 2.55. The monoisotopic (exact) mass is 398 g/mol. The summed E-state index contributed by atoms with van der Waals surface area (Å²) < 4.78 is 32.5. The second-order valence-electron chi connectivity index (χ2n) is 7.06. The predicted octanol–water partition coefficient (Wildman–Crippen LogP) is 1.93. The van der Waals surface area contributed by atoms with E-state index in [-0.39, 0.29) is 18.7 Å². The van der Waals surface area contributed by atoms with E-state index in [4.69, 9.17) is 9.84 Å². The summed E-state index contributed by atoms with van der Waals surface area (Å²) in [5.74, 6) is -2.33. The minimum atomic E-state index is -3.91. The van der Waals surface area contributed by atoms with Crippen molar-refractivity contribution >= 4 is 27.6 Å². The number of hydrogen-bond donors (Lipinski definition) is 2. The minimum Gasteiger partial charge on any atom is -0.491 e. The van der Waals surface area contributed by atoms with Crippen LogP contribution in [0.2, 0.25) is 0 Å². The Labute approximate surface area is 159 Å². The molecule has 2 N–H and O–H groups in total. The number of carbonyl (C=O) groups excluding carboxylic acids is 1. The fraction of sp³-hybridized carbons (Fsp3) is 0.556. The van der Waals surface area contributed by atoms with Crippen LogP contribution in [0.4, 0.5) is 5.69 Å². The normalized spacial score (nSPS) is 20.4. The molecule has 1 aliphatic heterocycles. The van der Waals surface area contributed by atoms with Gasteiger partial charge in [0.05, 0.1) is 12.0 Å². The fourth-order valence-electron chi connectivity index (χ4n) is 2.99. The molecule has 1 amide bonds. The smallest absolute Gasteiger partial charge is 0.308 e. The maximum absolute atomic E-state index is 12.5. The largest absolute Gasteiger partial charge is 0.491 e. The molecule has 0 radical (unpaired) electrons. The Morgan fingerprint density at radius 1 is 1.26 bits per heavy atom. The Hall–Kier alpha value is -2.29. The summed E-state index contributed by atoms with van der Waals surface area (Å²) in [6.07, 6.45) is 1.02. The van der Waals surface area contributed by atoms with Gasteiger partial charge in [0.1, 0.15) is 11.5 Å². The highest BCUT2D eigenvalue weighted by Gasteiger charge is 2.34. The van der Waals surface area contributed by atoms with Gasteiger partial charge in [-0.25, -0.2) is 8.42 Å². The van der Waals surface area contributed by atoms with Gasteiger partial charge in [0.15, 0.2) is 0 Å². The van der Waals surface area contributed by atoms with Crippen molar-refractivity contribution in [3.8, 4) is 5.75 Å². The molecule has 0 saturated carbocycles. The first kappa shape index (κ1) is 21.0. The number of aliphatic carboxylic acids is 1. The lowest BCUT2D eigenvalue weighted by molar-refractivity contribution is -0.146. The molecule has 1 aromatic carbocycles. The van der Waals surface area contributed by atoms with E-state index >= 15 is 0 Å². The molecule has 1 aliphatic rings. The lowest BCUT2D eigenvalue weighted by atomic mass is 9.93. The summed E-state index contributed by atoms with van der Waals surface area (Å²) in [4.78, 5) is 25.0. The number of ether oxygens (including phenoxy) is 1. The third-order valence-corrected chi connectivity index (χ3v) is 5.54. The van der Waals surface area contributed by atoms with Gasteiger partial charge in [0, 0.05) is 18.3 Å². The van der Waals surface area contributed by atoms with Crippen molar-refractivity contribution in [2.45, 2.75) is 45.8 Å². The molecule has 0 aromatic heterocycles. The number of amides is 1.